The SMILES string of the molecule is C[C@@H](C(=O)Nc1cnc2n1CCCC2)n1cnc2ccccc21. The number of hydrogen-bond donors (Lipinski definition) is 1. The van der Waals surface area contributed by atoms with Crippen LogP contribution in [-0.4, -0.2) is 25.0 Å². The Balaban J connectivity index is 1.58. The van der Waals surface area contributed by atoms with Crippen molar-refractivity contribution in [2.45, 2.75) is 38.8 Å². The Hall–Kier alpha value is -2.63. The van der Waals surface area contributed by atoms with Crippen molar-refractivity contribution in [3.05, 3.63) is 42.6 Å². The van der Waals surface area contributed by atoms with Gasteiger partial charge in [-0.25, -0.2) is 9.97 Å². The second-order valence-electron chi connectivity index (χ2n) is 5.97. The molecule has 0 saturated carbocycles. The highest BCUT2D eigenvalue weighted by molar-refractivity contribution is 5.93. The average Bonchev–Trinajstić information content (AvgIpc) is 3.19. The van der Waals surface area contributed by atoms with Gasteiger partial charge in [-0.05, 0) is 31.9 Å². The van der Waals surface area contributed by atoms with Crippen LogP contribution < -0.4 is 5.32 Å². The Morgan fingerprint density at radius 3 is 3.04 bits per heavy atom. The summed E-state index contributed by atoms with van der Waals surface area (Å²) in [7, 11) is 0. The van der Waals surface area contributed by atoms with Crippen molar-refractivity contribution in [3.63, 3.8) is 0 Å². The lowest BCUT2D eigenvalue weighted by Gasteiger charge is -2.18. The van der Waals surface area contributed by atoms with Gasteiger partial charge in [-0.1, -0.05) is 12.1 Å². The standard InChI is InChI=1S/C17H19N5O/c1-12(22-11-19-13-6-2-3-7-14(13)22)17(23)20-16-10-18-15-8-4-5-9-21(15)16/h2-3,6-7,10-12H,4-5,8-9H2,1H3,(H,20,23)/t12-/m0/s1. The minimum absolute atomic E-state index is 0.0542. The molecule has 1 N–H and O–H groups in total. The van der Waals surface area contributed by atoms with Crippen LogP contribution in [0.2, 0.25) is 0 Å². The second kappa shape index (κ2) is 5.53. The number of nitrogens with one attached hydrogen (secondary N) is 1. The number of amides is 1. The molecule has 23 heavy (non-hydrogen) atoms. The van der Waals surface area contributed by atoms with Crippen molar-refractivity contribution < 1.29 is 4.79 Å². The van der Waals surface area contributed by atoms with Crippen molar-refractivity contribution >= 4 is 22.8 Å². The van der Waals surface area contributed by atoms with Crippen molar-refractivity contribution in [1.29, 1.82) is 0 Å². The third-order valence-corrected chi connectivity index (χ3v) is 4.50. The summed E-state index contributed by atoms with van der Waals surface area (Å²) in [6.45, 7) is 2.81. The summed E-state index contributed by atoms with van der Waals surface area (Å²) >= 11 is 0. The molecule has 6 nitrogen and oxygen atoms in total. The number of hydrogen-bond acceptors (Lipinski definition) is 3. The highest BCUT2D eigenvalue weighted by Gasteiger charge is 2.20. The van der Waals surface area contributed by atoms with Gasteiger partial charge in [-0.3, -0.25) is 4.79 Å². The van der Waals surface area contributed by atoms with Gasteiger partial charge in [0.1, 0.15) is 17.7 Å². The smallest absolute Gasteiger partial charge is 0.248 e. The van der Waals surface area contributed by atoms with Gasteiger partial charge in [0.05, 0.1) is 23.6 Å². The number of aromatic nitrogens is 4. The molecule has 0 fully saturated rings. The van der Waals surface area contributed by atoms with Gasteiger partial charge in [0.25, 0.3) is 0 Å². The molecular formula is C17H19N5O. The molecule has 1 aliphatic rings. The fourth-order valence-electron chi connectivity index (χ4n) is 3.16. The lowest BCUT2D eigenvalue weighted by Crippen LogP contribution is -2.25. The average molecular weight is 309 g/mol. The van der Waals surface area contributed by atoms with Gasteiger partial charge in [-0.2, -0.15) is 0 Å². The number of aryl methyl sites for hydroxylation is 1. The van der Waals surface area contributed by atoms with E-state index in [4.69, 9.17) is 0 Å². The van der Waals surface area contributed by atoms with Gasteiger partial charge >= 0.3 is 0 Å². The van der Waals surface area contributed by atoms with Crippen LogP contribution >= 0.6 is 0 Å². The van der Waals surface area contributed by atoms with E-state index in [1.807, 2.05) is 35.8 Å². The zero-order chi connectivity index (χ0) is 15.8. The number of carbonyl (C=O) groups is 1. The number of imidazole rings is 2. The fourth-order valence-corrected chi connectivity index (χ4v) is 3.16. The van der Waals surface area contributed by atoms with Crippen molar-refractivity contribution in [3.8, 4) is 0 Å². The lowest BCUT2D eigenvalue weighted by atomic mass is 10.2. The van der Waals surface area contributed by atoms with E-state index >= 15 is 0 Å². The Morgan fingerprint density at radius 1 is 1.26 bits per heavy atom. The molecule has 1 atom stereocenters. The van der Waals surface area contributed by atoms with Crippen LogP contribution in [0.1, 0.15) is 31.6 Å². The van der Waals surface area contributed by atoms with Gasteiger partial charge in [0.2, 0.25) is 5.91 Å². The Labute approximate surface area is 134 Å². The molecule has 1 aliphatic heterocycles. The first-order chi connectivity index (χ1) is 11.2. The fraction of sp³-hybridized carbons (Fsp3) is 0.353. The van der Waals surface area contributed by atoms with E-state index in [1.54, 1.807) is 12.5 Å². The highest BCUT2D eigenvalue weighted by Crippen LogP contribution is 2.22. The maximum Gasteiger partial charge on any atom is 0.248 e. The Bertz CT molecular complexity index is 863. The number of fused-ring (bicyclic) bond motifs is 2. The number of carbonyl (C=O) groups excluding carboxylic acids is 1. The van der Waals surface area contributed by atoms with Crippen molar-refractivity contribution in [1.82, 2.24) is 19.1 Å². The van der Waals surface area contributed by atoms with Crippen LogP contribution in [0.25, 0.3) is 11.0 Å². The van der Waals surface area contributed by atoms with Crippen molar-refractivity contribution in [2.24, 2.45) is 0 Å². The maximum absolute atomic E-state index is 12.6. The third kappa shape index (κ3) is 2.40. The minimum atomic E-state index is -0.336. The summed E-state index contributed by atoms with van der Waals surface area (Å²) in [6, 6.07) is 7.50. The topological polar surface area (TPSA) is 64.7 Å². The Kier molecular flexibility index (Phi) is 3.37. The van der Waals surface area contributed by atoms with E-state index in [2.05, 4.69) is 19.9 Å². The van der Waals surface area contributed by atoms with Crippen molar-refractivity contribution in [2.75, 3.05) is 5.32 Å². The summed E-state index contributed by atoms with van der Waals surface area (Å²) < 4.78 is 4.01. The zero-order valence-corrected chi connectivity index (χ0v) is 13.1. The molecule has 1 aromatic carbocycles. The van der Waals surface area contributed by atoms with Gasteiger partial charge in [0.15, 0.2) is 0 Å². The summed E-state index contributed by atoms with van der Waals surface area (Å²) in [5, 5.41) is 3.02. The summed E-state index contributed by atoms with van der Waals surface area (Å²) in [6.07, 6.45) is 6.77. The molecule has 0 radical (unpaired) electrons. The van der Waals surface area contributed by atoms with Crippen LogP contribution in [0.4, 0.5) is 5.82 Å². The van der Waals surface area contributed by atoms with Gasteiger partial charge < -0.3 is 14.5 Å². The number of anilines is 1. The molecule has 0 saturated heterocycles. The molecule has 2 aromatic heterocycles. The van der Waals surface area contributed by atoms with Crippen LogP contribution in [0.3, 0.4) is 0 Å². The summed E-state index contributed by atoms with van der Waals surface area (Å²) in [5.41, 5.74) is 1.86. The van der Waals surface area contributed by atoms with E-state index in [-0.39, 0.29) is 11.9 Å². The molecule has 0 spiro atoms. The highest BCUT2D eigenvalue weighted by atomic mass is 16.2. The van der Waals surface area contributed by atoms with Crippen LogP contribution in [0.15, 0.2) is 36.8 Å². The van der Waals surface area contributed by atoms with E-state index < -0.39 is 0 Å². The van der Waals surface area contributed by atoms with E-state index in [0.717, 1.165) is 42.1 Å². The lowest BCUT2D eigenvalue weighted by molar-refractivity contribution is -0.118. The largest absolute Gasteiger partial charge is 0.318 e. The van der Waals surface area contributed by atoms with Gasteiger partial charge in [-0.15, -0.1) is 0 Å². The molecule has 0 bridgehead atoms. The molecule has 118 valence electrons. The van der Waals surface area contributed by atoms with Crippen LogP contribution in [0.5, 0.6) is 0 Å². The number of benzene rings is 1. The first kappa shape index (κ1) is 14.0. The van der Waals surface area contributed by atoms with E-state index in [1.165, 1.54) is 6.42 Å². The zero-order valence-electron chi connectivity index (χ0n) is 13.1. The molecule has 0 unspecified atom stereocenters. The molecule has 6 heteroatoms. The summed E-state index contributed by atoms with van der Waals surface area (Å²) in [4.78, 5) is 21.4. The minimum Gasteiger partial charge on any atom is -0.318 e. The molecule has 0 aliphatic carbocycles. The van der Waals surface area contributed by atoms with E-state index in [0.29, 0.717) is 0 Å². The molecule has 1 amide bonds. The van der Waals surface area contributed by atoms with E-state index in [9.17, 15) is 4.79 Å². The summed E-state index contributed by atoms with van der Waals surface area (Å²) in [5.74, 6) is 1.80. The first-order valence-corrected chi connectivity index (χ1v) is 8.01. The quantitative estimate of drug-likeness (QED) is 0.809. The normalized spacial score (nSPS) is 15.3. The van der Waals surface area contributed by atoms with Crippen LogP contribution in [-0.2, 0) is 17.8 Å². The Morgan fingerprint density at radius 2 is 2.13 bits per heavy atom. The molecular weight excluding hydrogens is 290 g/mol. The monoisotopic (exact) mass is 309 g/mol. The number of rotatable bonds is 3. The first-order valence-electron chi connectivity index (χ1n) is 8.01. The number of para-hydroxylation sites is 2. The maximum atomic E-state index is 12.6. The van der Waals surface area contributed by atoms with Gasteiger partial charge in [0, 0.05) is 13.0 Å². The predicted octanol–water partition coefficient (Wildman–Crippen LogP) is 2.77. The van der Waals surface area contributed by atoms with Crippen LogP contribution in [0, 0.1) is 0 Å². The molecule has 4 rings (SSSR count). The molecule has 3 aromatic rings. The second-order valence-corrected chi connectivity index (χ2v) is 5.97. The number of nitrogens with zero attached hydrogens (tertiary/aromatic N) is 4. The molecule has 3 heterocycles. The predicted molar refractivity (Wildman–Crippen MR) is 88.2 cm³/mol. The third-order valence-electron chi connectivity index (χ3n) is 4.50.